The number of benzene rings is 2. The van der Waals surface area contributed by atoms with E-state index >= 15 is 0 Å². The van der Waals surface area contributed by atoms with Crippen LogP contribution in [0.25, 0.3) is 11.0 Å². The lowest BCUT2D eigenvalue weighted by Gasteiger charge is -2.33. The van der Waals surface area contributed by atoms with Crippen molar-refractivity contribution in [3.05, 3.63) is 48.0 Å². The van der Waals surface area contributed by atoms with Crippen molar-refractivity contribution in [2.24, 2.45) is 0 Å². The average Bonchev–Trinajstić information content (AvgIpc) is 3.22. The number of nitrogens with one attached hydrogen (secondary N) is 1. The molecular formula is C20H22N4O3S2. The molecule has 1 amide bonds. The molecule has 2 heterocycles. The van der Waals surface area contributed by atoms with Gasteiger partial charge in [-0.05, 0) is 49.1 Å². The second-order valence-corrected chi connectivity index (χ2v) is 9.45. The molecular weight excluding hydrogens is 408 g/mol. The Balaban J connectivity index is 1.64. The maximum Gasteiger partial charge on any atom is 0.246 e. The Labute approximate surface area is 174 Å². The number of carbonyl (C=O) groups excluding carboxylic acids is 1. The summed E-state index contributed by atoms with van der Waals surface area (Å²) in [4.78, 5) is 13.1. The lowest BCUT2D eigenvalue weighted by atomic mass is 10.0. The van der Waals surface area contributed by atoms with Crippen molar-refractivity contribution in [3.8, 4) is 0 Å². The maximum atomic E-state index is 13.4. The minimum Gasteiger partial charge on any atom is -0.325 e. The summed E-state index contributed by atoms with van der Waals surface area (Å²) < 4.78 is 36.5. The molecule has 0 saturated carbocycles. The van der Waals surface area contributed by atoms with Crippen LogP contribution in [0.15, 0.2) is 47.4 Å². The third kappa shape index (κ3) is 3.90. The van der Waals surface area contributed by atoms with E-state index in [-0.39, 0.29) is 10.8 Å². The summed E-state index contributed by atoms with van der Waals surface area (Å²) in [6.45, 7) is 2.35. The SMILES string of the molecule is CCc1cccc(NC(=O)[C@H]2CCCCN2S(=O)(=O)c2cccc3nsnc23)c1. The number of aryl methyl sites for hydroxylation is 1. The molecule has 4 rings (SSSR count). The van der Waals surface area contributed by atoms with E-state index in [0.29, 0.717) is 29.7 Å². The minimum atomic E-state index is -3.88. The van der Waals surface area contributed by atoms with Crippen LogP contribution < -0.4 is 5.32 Å². The molecule has 7 nitrogen and oxygen atoms in total. The summed E-state index contributed by atoms with van der Waals surface area (Å²) in [5.41, 5.74) is 2.70. The van der Waals surface area contributed by atoms with Gasteiger partial charge < -0.3 is 5.32 Å². The fourth-order valence-corrected chi connectivity index (χ4v) is 6.08. The number of fused-ring (bicyclic) bond motifs is 1. The molecule has 0 bridgehead atoms. The van der Waals surface area contributed by atoms with Gasteiger partial charge in [-0.15, -0.1) is 0 Å². The first-order valence-electron chi connectivity index (χ1n) is 9.63. The van der Waals surface area contributed by atoms with Gasteiger partial charge in [0.1, 0.15) is 22.0 Å². The molecule has 1 fully saturated rings. The summed E-state index contributed by atoms with van der Waals surface area (Å²) in [5.74, 6) is -0.301. The topological polar surface area (TPSA) is 92.3 Å². The summed E-state index contributed by atoms with van der Waals surface area (Å²) in [5, 5.41) is 2.90. The van der Waals surface area contributed by atoms with E-state index in [1.807, 2.05) is 31.2 Å². The van der Waals surface area contributed by atoms with Crippen molar-refractivity contribution in [1.82, 2.24) is 13.1 Å². The first-order valence-corrected chi connectivity index (χ1v) is 11.8. The summed E-state index contributed by atoms with van der Waals surface area (Å²) >= 11 is 0.980. The Kier molecular flexibility index (Phi) is 5.62. The van der Waals surface area contributed by atoms with Crippen molar-refractivity contribution in [1.29, 1.82) is 0 Å². The van der Waals surface area contributed by atoms with E-state index in [4.69, 9.17) is 0 Å². The van der Waals surface area contributed by atoms with Gasteiger partial charge in [0.2, 0.25) is 15.9 Å². The minimum absolute atomic E-state index is 0.108. The highest BCUT2D eigenvalue weighted by molar-refractivity contribution is 7.89. The Hall–Kier alpha value is -2.36. The highest BCUT2D eigenvalue weighted by Crippen LogP contribution is 2.30. The van der Waals surface area contributed by atoms with E-state index in [1.165, 1.54) is 10.4 Å². The number of nitrogens with zero attached hydrogens (tertiary/aromatic N) is 3. The first kappa shape index (κ1) is 19.9. The Morgan fingerprint density at radius 2 is 2.03 bits per heavy atom. The first-order chi connectivity index (χ1) is 14.0. The molecule has 1 aliphatic heterocycles. The number of hydrogen-bond donors (Lipinski definition) is 1. The highest BCUT2D eigenvalue weighted by atomic mass is 32.2. The van der Waals surface area contributed by atoms with Gasteiger partial charge in [-0.1, -0.05) is 31.5 Å². The monoisotopic (exact) mass is 430 g/mol. The summed E-state index contributed by atoms with van der Waals surface area (Å²) in [6.07, 6.45) is 2.88. The molecule has 3 aromatic rings. The van der Waals surface area contributed by atoms with Crippen molar-refractivity contribution in [2.45, 2.75) is 43.5 Å². The fourth-order valence-electron chi connectivity index (χ4n) is 3.67. The number of sulfonamides is 1. The quantitative estimate of drug-likeness (QED) is 0.669. The number of hydrogen-bond acceptors (Lipinski definition) is 6. The van der Waals surface area contributed by atoms with Crippen molar-refractivity contribution < 1.29 is 13.2 Å². The third-order valence-electron chi connectivity index (χ3n) is 5.19. The molecule has 0 spiro atoms. The molecule has 1 aromatic heterocycles. The second-order valence-electron chi connectivity index (χ2n) is 7.06. The van der Waals surface area contributed by atoms with Crippen LogP contribution in [0.4, 0.5) is 5.69 Å². The molecule has 152 valence electrons. The van der Waals surface area contributed by atoms with E-state index in [9.17, 15) is 13.2 Å². The maximum absolute atomic E-state index is 13.4. The normalized spacial score (nSPS) is 18.0. The number of anilines is 1. The summed E-state index contributed by atoms with van der Waals surface area (Å²) in [7, 11) is -3.88. The van der Waals surface area contributed by atoms with Gasteiger partial charge >= 0.3 is 0 Å². The highest BCUT2D eigenvalue weighted by Gasteiger charge is 2.38. The number of carbonyl (C=O) groups is 1. The number of aromatic nitrogens is 2. The molecule has 29 heavy (non-hydrogen) atoms. The molecule has 9 heteroatoms. The Morgan fingerprint density at radius 3 is 2.86 bits per heavy atom. The van der Waals surface area contributed by atoms with E-state index in [1.54, 1.807) is 12.1 Å². The molecule has 2 aromatic carbocycles. The van der Waals surface area contributed by atoms with Gasteiger partial charge in [0, 0.05) is 12.2 Å². The van der Waals surface area contributed by atoms with Gasteiger partial charge in [0.05, 0.1) is 11.7 Å². The van der Waals surface area contributed by atoms with E-state index in [0.717, 1.165) is 36.6 Å². The van der Waals surface area contributed by atoms with Crippen LogP contribution in [0, 0.1) is 0 Å². The molecule has 0 unspecified atom stereocenters. The van der Waals surface area contributed by atoms with Crippen LogP contribution in [0.3, 0.4) is 0 Å². The van der Waals surface area contributed by atoms with Crippen LogP contribution in [-0.2, 0) is 21.2 Å². The Morgan fingerprint density at radius 1 is 1.21 bits per heavy atom. The van der Waals surface area contributed by atoms with Crippen LogP contribution in [0.5, 0.6) is 0 Å². The lowest BCUT2D eigenvalue weighted by Crippen LogP contribution is -2.49. The zero-order valence-corrected chi connectivity index (χ0v) is 17.7. The van der Waals surface area contributed by atoms with Crippen LogP contribution in [0.2, 0.25) is 0 Å². The van der Waals surface area contributed by atoms with Gasteiger partial charge in [-0.3, -0.25) is 4.79 Å². The van der Waals surface area contributed by atoms with Gasteiger partial charge in [0.25, 0.3) is 0 Å². The molecule has 1 atom stereocenters. The van der Waals surface area contributed by atoms with Crippen LogP contribution >= 0.6 is 11.7 Å². The Bertz CT molecular complexity index is 1140. The van der Waals surface area contributed by atoms with Gasteiger partial charge in [-0.2, -0.15) is 13.1 Å². The van der Waals surface area contributed by atoms with Gasteiger partial charge in [0.15, 0.2) is 0 Å². The standard InChI is InChI=1S/C20H22N4O3S2/c1-2-14-7-5-8-15(13-14)21-20(25)17-10-3-4-12-24(17)29(26,27)18-11-6-9-16-19(18)23-28-22-16/h5-9,11,13,17H,2-4,10,12H2,1H3,(H,21,25)/t17-/m1/s1. The number of piperidine rings is 1. The number of amides is 1. The molecule has 1 aliphatic rings. The molecule has 1 saturated heterocycles. The van der Waals surface area contributed by atoms with E-state index < -0.39 is 16.1 Å². The van der Waals surface area contributed by atoms with Crippen molar-refractivity contribution >= 4 is 44.4 Å². The smallest absolute Gasteiger partial charge is 0.246 e. The predicted molar refractivity (Wildman–Crippen MR) is 113 cm³/mol. The van der Waals surface area contributed by atoms with Crippen LogP contribution in [-0.4, -0.2) is 40.0 Å². The zero-order chi connectivity index (χ0) is 20.4. The van der Waals surface area contributed by atoms with E-state index in [2.05, 4.69) is 14.1 Å². The molecule has 0 radical (unpaired) electrons. The van der Waals surface area contributed by atoms with Crippen molar-refractivity contribution in [2.75, 3.05) is 11.9 Å². The fraction of sp³-hybridized carbons (Fsp3) is 0.350. The largest absolute Gasteiger partial charge is 0.325 e. The average molecular weight is 431 g/mol. The second kappa shape index (κ2) is 8.17. The molecule has 1 N–H and O–H groups in total. The van der Waals surface area contributed by atoms with Crippen molar-refractivity contribution in [3.63, 3.8) is 0 Å². The van der Waals surface area contributed by atoms with Crippen LogP contribution in [0.1, 0.15) is 31.7 Å². The molecule has 0 aliphatic carbocycles. The third-order valence-corrected chi connectivity index (χ3v) is 7.68. The summed E-state index contributed by atoms with van der Waals surface area (Å²) in [6, 6.07) is 11.8. The lowest BCUT2D eigenvalue weighted by molar-refractivity contribution is -0.120. The van der Waals surface area contributed by atoms with Gasteiger partial charge in [-0.25, -0.2) is 8.42 Å². The number of rotatable bonds is 5. The predicted octanol–water partition coefficient (Wildman–Crippen LogP) is 3.44. The zero-order valence-electron chi connectivity index (χ0n) is 16.0.